The smallest absolute Gasteiger partial charge is 0.326 e. The molecule has 0 saturated carbocycles. The normalized spacial score (nSPS) is 11.7. The van der Waals surface area contributed by atoms with Gasteiger partial charge in [-0.15, -0.1) is 0 Å². The van der Waals surface area contributed by atoms with Crippen molar-refractivity contribution in [1.29, 1.82) is 0 Å². The zero-order chi connectivity index (χ0) is 14.4. The van der Waals surface area contributed by atoms with E-state index in [1.807, 2.05) is 0 Å². The molecule has 0 aromatic heterocycles. The molecule has 0 radical (unpaired) electrons. The Morgan fingerprint density at radius 2 is 1.79 bits per heavy atom. The van der Waals surface area contributed by atoms with Gasteiger partial charge in [0.15, 0.2) is 0 Å². The number of benzene rings is 1. The van der Waals surface area contributed by atoms with E-state index in [1.165, 1.54) is 18.2 Å². The van der Waals surface area contributed by atoms with Crippen molar-refractivity contribution in [2.24, 2.45) is 0 Å². The van der Waals surface area contributed by atoms with Gasteiger partial charge in [-0.05, 0) is 18.2 Å². The highest BCUT2D eigenvalue weighted by Gasteiger charge is 2.19. The Labute approximate surface area is 119 Å². The molecular formula is C11H12Cl2N2O4. The lowest BCUT2D eigenvalue weighted by Gasteiger charge is -2.14. The maximum atomic E-state index is 11.6. The Kier molecular flexibility index (Phi) is 5.88. The molecule has 1 rings (SSSR count). The minimum atomic E-state index is -1.23. The maximum Gasteiger partial charge on any atom is 0.326 e. The Balaban J connectivity index is 2.66. The van der Waals surface area contributed by atoms with Crippen LogP contribution in [-0.4, -0.2) is 34.9 Å². The van der Waals surface area contributed by atoms with Gasteiger partial charge in [0.2, 0.25) is 0 Å². The molecule has 0 aliphatic heterocycles. The van der Waals surface area contributed by atoms with E-state index in [2.05, 4.69) is 10.6 Å². The molecule has 8 heteroatoms. The molecule has 0 unspecified atom stereocenters. The van der Waals surface area contributed by atoms with Crippen LogP contribution in [0.15, 0.2) is 18.2 Å². The number of halogens is 2. The average Bonchev–Trinajstić information content (AvgIpc) is 2.26. The summed E-state index contributed by atoms with van der Waals surface area (Å²) in [5, 5.41) is 22.8. The molecule has 0 heterocycles. The third-order valence-electron chi connectivity index (χ3n) is 2.14. The van der Waals surface area contributed by atoms with Crippen molar-refractivity contribution in [3.05, 3.63) is 28.2 Å². The zero-order valence-corrected chi connectivity index (χ0v) is 11.2. The van der Waals surface area contributed by atoms with Crippen molar-refractivity contribution < 1.29 is 19.8 Å². The largest absolute Gasteiger partial charge is 0.480 e. The molecule has 0 bridgehead atoms. The highest BCUT2D eigenvalue weighted by Crippen LogP contribution is 2.22. The van der Waals surface area contributed by atoms with Gasteiger partial charge in [-0.3, -0.25) is 0 Å². The fraction of sp³-hybridized carbons (Fsp3) is 0.273. The number of anilines is 1. The summed E-state index contributed by atoms with van der Waals surface area (Å²) in [6, 6.07) is 2.54. The van der Waals surface area contributed by atoms with Crippen LogP contribution in [0.25, 0.3) is 0 Å². The molecule has 0 aliphatic carbocycles. The molecule has 0 spiro atoms. The van der Waals surface area contributed by atoms with Crippen LogP contribution in [0.1, 0.15) is 6.42 Å². The predicted molar refractivity (Wildman–Crippen MR) is 71.7 cm³/mol. The van der Waals surface area contributed by atoms with Gasteiger partial charge in [0, 0.05) is 28.8 Å². The van der Waals surface area contributed by atoms with E-state index in [0.29, 0.717) is 15.7 Å². The predicted octanol–water partition coefficient (Wildman–Crippen LogP) is 1.95. The van der Waals surface area contributed by atoms with E-state index in [-0.39, 0.29) is 13.0 Å². The van der Waals surface area contributed by atoms with Crippen LogP contribution in [-0.2, 0) is 4.79 Å². The Morgan fingerprint density at radius 3 is 2.26 bits per heavy atom. The quantitative estimate of drug-likeness (QED) is 0.668. The summed E-state index contributed by atoms with van der Waals surface area (Å²) in [5.41, 5.74) is 0.336. The molecule has 1 aromatic carbocycles. The lowest BCUT2D eigenvalue weighted by Crippen LogP contribution is -2.43. The second kappa shape index (κ2) is 7.18. The number of carbonyl (C=O) groups excluding carboxylic acids is 1. The molecule has 4 N–H and O–H groups in total. The van der Waals surface area contributed by atoms with Gasteiger partial charge in [0.25, 0.3) is 0 Å². The van der Waals surface area contributed by atoms with Gasteiger partial charge in [0.1, 0.15) is 6.04 Å². The number of urea groups is 1. The maximum absolute atomic E-state index is 11.6. The van der Waals surface area contributed by atoms with Crippen molar-refractivity contribution in [2.75, 3.05) is 11.9 Å². The molecule has 1 atom stereocenters. The second-order valence-corrected chi connectivity index (χ2v) is 4.53. The highest BCUT2D eigenvalue weighted by atomic mass is 35.5. The van der Waals surface area contributed by atoms with Crippen molar-refractivity contribution in [1.82, 2.24) is 5.32 Å². The standard InChI is InChI=1S/C11H12Cl2N2O4/c12-6-3-7(13)5-8(4-6)14-11(19)15-9(1-2-16)10(17)18/h3-5,9,16H,1-2H2,(H,17,18)(H2,14,15,19)/t9-/m1/s1. The zero-order valence-electron chi connectivity index (χ0n) is 9.69. The van der Waals surface area contributed by atoms with Crippen LogP contribution in [0.3, 0.4) is 0 Å². The Hall–Kier alpha value is -1.50. The molecule has 104 valence electrons. The number of aliphatic hydroxyl groups is 1. The number of rotatable bonds is 5. The van der Waals surface area contributed by atoms with E-state index in [9.17, 15) is 9.59 Å². The van der Waals surface area contributed by atoms with Crippen LogP contribution in [0.5, 0.6) is 0 Å². The first kappa shape index (κ1) is 15.6. The van der Waals surface area contributed by atoms with Crippen LogP contribution >= 0.6 is 23.2 Å². The van der Waals surface area contributed by atoms with E-state index in [0.717, 1.165) is 0 Å². The Bertz CT molecular complexity index is 462. The first-order valence-electron chi connectivity index (χ1n) is 5.29. The van der Waals surface area contributed by atoms with Crippen molar-refractivity contribution in [3.8, 4) is 0 Å². The van der Waals surface area contributed by atoms with Gasteiger partial charge >= 0.3 is 12.0 Å². The molecular weight excluding hydrogens is 295 g/mol. The second-order valence-electron chi connectivity index (χ2n) is 3.66. The molecule has 1 aromatic rings. The fourth-order valence-corrected chi connectivity index (χ4v) is 1.86. The topological polar surface area (TPSA) is 98.7 Å². The van der Waals surface area contributed by atoms with Gasteiger partial charge in [0.05, 0.1) is 0 Å². The van der Waals surface area contributed by atoms with E-state index >= 15 is 0 Å². The number of nitrogens with one attached hydrogen (secondary N) is 2. The summed E-state index contributed by atoms with van der Waals surface area (Å²) < 4.78 is 0. The number of hydrogen-bond donors (Lipinski definition) is 4. The van der Waals surface area contributed by atoms with E-state index in [4.69, 9.17) is 33.4 Å². The number of aliphatic carboxylic acids is 1. The number of carboxylic acid groups (broad SMARTS) is 1. The third kappa shape index (κ3) is 5.34. The van der Waals surface area contributed by atoms with Crippen LogP contribution < -0.4 is 10.6 Å². The SMILES string of the molecule is O=C(Nc1cc(Cl)cc(Cl)c1)N[C@H](CCO)C(=O)O. The molecule has 0 fully saturated rings. The summed E-state index contributed by atoms with van der Waals surface area (Å²) in [6.07, 6.45) is -0.0843. The molecule has 0 aliphatic rings. The minimum Gasteiger partial charge on any atom is -0.480 e. The lowest BCUT2D eigenvalue weighted by atomic mass is 10.2. The number of amides is 2. The van der Waals surface area contributed by atoms with E-state index < -0.39 is 18.0 Å². The molecule has 19 heavy (non-hydrogen) atoms. The number of carboxylic acids is 1. The van der Waals surface area contributed by atoms with Gasteiger partial charge in [-0.1, -0.05) is 23.2 Å². The average molecular weight is 307 g/mol. The molecule has 0 saturated heterocycles. The molecule has 2 amide bonds. The van der Waals surface area contributed by atoms with E-state index in [1.54, 1.807) is 0 Å². The fourth-order valence-electron chi connectivity index (χ4n) is 1.34. The first-order valence-corrected chi connectivity index (χ1v) is 6.05. The van der Waals surface area contributed by atoms with Crippen LogP contribution in [0.2, 0.25) is 10.0 Å². The van der Waals surface area contributed by atoms with Crippen LogP contribution in [0, 0.1) is 0 Å². The first-order chi connectivity index (χ1) is 8.92. The summed E-state index contributed by atoms with van der Waals surface area (Å²) in [7, 11) is 0. The summed E-state index contributed by atoms with van der Waals surface area (Å²) in [5.74, 6) is -1.23. The molecule has 6 nitrogen and oxygen atoms in total. The number of aliphatic hydroxyl groups excluding tert-OH is 1. The summed E-state index contributed by atoms with van der Waals surface area (Å²) in [4.78, 5) is 22.4. The van der Waals surface area contributed by atoms with Gasteiger partial charge < -0.3 is 20.8 Å². The summed E-state index contributed by atoms with van der Waals surface area (Å²) >= 11 is 11.5. The monoisotopic (exact) mass is 306 g/mol. The van der Waals surface area contributed by atoms with Gasteiger partial charge in [-0.25, -0.2) is 9.59 Å². The van der Waals surface area contributed by atoms with Crippen molar-refractivity contribution >= 4 is 40.9 Å². The number of carbonyl (C=O) groups is 2. The van der Waals surface area contributed by atoms with Gasteiger partial charge in [-0.2, -0.15) is 0 Å². The lowest BCUT2D eigenvalue weighted by molar-refractivity contribution is -0.139. The highest BCUT2D eigenvalue weighted by molar-refractivity contribution is 6.35. The van der Waals surface area contributed by atoms with Crippen molar-refractivity contribution in [3.63, 3.8) is 0 Å². The Morgan fingerprint density at radius 1 is 1.21 bits per heavy atom. The summed E-state index contributed by atoms with van der Waals surface area (Å²) in [6.45, 7) is -0.347. The van der Waals surface area contributed by atoms with Crippen LogP contribution in [0.4, 0.5) is 10.5 Å². The minimum absolute atomic E-state index is 0.0843. The number of hydrogen-bond acceptors (Lipinski definition) is 3. The van der Waals surface area contributed by atoms with Crippen molar-refractivity contribution in [2.45, 2.75) is 12.5 Å². The third-order valence-corrected chi connectivity index (χ3v) is 2.58.